The van der Waals surface area contributed by atoms with Gasteiger partial charge >= 0.3 is 0 Å². The molecule has 0 saturated carbocycles. The molecule has 0 bridgehead atoms. The number of phenolic OH excluding ortho intramolecular Hbond substituents is 5. The van der Waals surface area contributed by atoms with Gasteiger partial charge in [0.25, 0.3) is 0 Å². The summed E-state index contributed by atoms with van der Waals surface area (Å²) in [6.45, 7) is 0. The number of methoxy groups -OCH3 is 1. The predicted molar refractivity (Wildman–Crippen MR) is 84.5 cm³/mol. The SMILES string of the molecule is COc1cc(-c2oc3c(O)c(O)c(O)cc3c(=O)c2O)cc(O)c1O. The predicted octanol–water partition coefficient (Wildman–Crippen LogP) is 1.70. The molecule has 1 heterocycles. The molecule has 0 fully saturated rings. The molecule has 0 aliphatic rings. The molecule has 0 spiro atoms. The molecule has 3 rings (SSSR count). The molecule has 0 atom stereocenters. The summed E-state index contributed by atoms with van der Waals surface area (Å²) in [6.07, 6.45) is 0. The minimum Gasteiger partial charge on any atom is -0.504 e. The molecule has 3 aromatic rings. The van der Waals surface area contributed by atoms with Gasteiger partial charge in [-0.1, -0.05) is 0 Å². The topological polar surface area (TPSA) is 161 Å². The van der Waals surface area contributed by atoms with Gasteiger partial charge in [0.15, 0.2) is 28.6 Å². The van der Waals surface area contributed by atoms with Gasteiger partial charge < -0.3 is 39.8 Å². The summed E-state index contributed by atoms with van der Waals surface area (Å²) in [5, 5.41) is 58.1. The van der Waals surface area contributed by atoms with Gasteiger partial charge in [-0.15, -0.1) is 0 Å². The third kappa shape index (κ3) is 2.29. The van der Waals surface area contributed by atoms with Gasteiger partial charge in [-0.05, 0) is 18.2 Å². The van der Waals surface area contributed by atoms with E-state index >= 15 is 0 Å². The number of aromatic hydroxyl groups is 6. The first-order valence-corrected chi connectivity index (χ1v) is 6.80. The molecule has 1 aromatic heterocycles. The molecule has 2 aromatic carbocycles. The number of benzene rings is 2. The second-order valence-corrected chi connectivity index (χ2v) is 5.12. The molecule has 0 saturated heterocycles. The largest absolute Gasteiger partial charge is 0.504 e. The first-order valence-electron chi connectivity index (χ1n) is 6.80. The zero-order chi connectivity index (χ0) is 18.5. The van der Waals surface area contributed by atoms with Gasteiger partial charge in [0.2, 0.25) is 28.4 Å². The van der Waals surface area contributed by atoms with Crippen LogP contribution in [0, 0.1) is 0 Å². The lowest BCUT2D eigenvalue weighted by molar-refractivity contribution is 0.351. The average Bonchev–Trinajstić information content (AvgIpc) is 2.59. The highest BCUT2D eigenvalue weighted by Crippen LogP contribution is 2.45. The Morgan fingerprint density at radius 1 is 0.840 bits per heavy atom. The summed E-state index contributed by atoms with van der Waals surface area (Å²) in [5.74, 6) is -5.21. The van der Waals surface area contributed by atoms with E-state index in [1.165, 1.54) is 13.2 Å². The van der Waals surface area contributed by atoms with Crippen LogP contribution in [0.3, 0.4) is 0 Å². The number of hydrogen-bond acceptors (Lipinski definition) is 9. The Balaban J connectivity index is 2.41. The van der Waals surface area contributed by atoms with E-state index in [9.17, 15) is 35.4 Å². The minimum absolute atomic E-state index is 0.0457. The van der Waals surface area contributed by atoms with Crippen LogP contribution in [0.1, 0.15) is 0 Å². The van der Waals surface area contributed by atoms with E-state index in [1.54, 1.807) is 0 Å². The second-order valence-electron chi connectivity index (χ2n) is 5.12. The van der Waals surface area contributed by atoms with Gasteiger partial charge in [-0.3, -0.25) is 4.79 Å². The maximum absolute atomic E-state index is 12.3. The third-order valence-corrected chi connectivity index (χ3v) is 3.62. The van der Waals surface area contributed by atoms with E-state index in [2.05, 4.69) is 0 Å². The van der Waals surface area contributed by atoms with E-state index in [-0.39, 0.29) is 16.7 Å². The quantitative estimate of drug-likeness (QED) is 0.379. The van der Waals surface area contributed by atoms with E-state index in [4.69, 9.17) is 9.15 Å². The van der Waals surface area contributed by atoms with Crippen molar-refractivity contribution in [2.75, 3.05) is 7.11 Å². The van der Waals surface area contributed by atoms with Crippen molar-refractivity contribution in [3.8, 4) is 51.6 Å². The Hall–Kier alpha value is -3.75. The maximum atomic E-state index is 12.3. The number of rotatable bonds is 2. The van der Waals surface area contributed by atoms with Crippen LogP contribution in [0.25, 0.3) is 22.3 Å². The fourth-order valence-electron chi connectivity index (χ4n) is 2.36. The fraction of sp³-hybridized carbons (Fsp3) is 0.0625. The van der Waals surface area contributed by atoms with Crippen LogP contribution in [-0.4, -0.2) is 37.7 Å². The maximum Gasteiger partial charge on any atom is 0.235 e. The van der Waals surface area contributed by atoms with Gasteiger partial charge in [-0.2, -0.15) is 0 Å². The first-order chi connectivity index (χ1) is 11.8. The van der Waals surface area contributed by atoms with Crippen molar-refractivity contribution >= 4 is 11.0 Å². The van der Waals surface area contributed by atoms with Crippen molar-refractivity contribution in [2.45, 2.75) is 0 Å². The second kappa shape index (κ2) is 5.41. The number of phenols is 5. The van der Waals surface area contributed by atoms with Crippen LogP contribution in [0.2, 0.25) is 0 Å². The summed E-state index contributed by atoms with van der Waals surface area (Å²) in [5.41, 5.74) is -1.52. The van der Waals surface area contributed by atoms with E-state index in [0.29, 0.717) is 0 Å². The molecular weight excluding hydrogens is 336 g/mol. The summed E-state index contributed by atoms with van der Waals surface area (Å²) in [6, 6.07) is 3.00. The number of fused-ring (bicyclic) bond motifs is 1. The minimum atomic E-state index is -0.992. The molecule has 9 heteroatoms. The summed E-state index contributed by atoms with van der Waals surface area (Å²) in [7, 11) is 1.22. The van der Waals surface area contributed by atoms with E-state index < -0.39 is 51.3 Å². The Morgan fingerprint density at radius 3 is 2.12 bits per heavy atom. The van der Waals surface area contributed by atoms with Crippen LogP contribution < -0.4 is 10.2 Å². The number of hydrogen-bond donors (Lipinski definition) is 6. The normalized spacial score (nSPS) is 10.9. The molecule has 0 aliphatic carbocycles. The van der Waals surface area contributed by atoms with Crippen LogP contribution >= 0.6 is 0 Å². The Bertz CT molecular complexity index is 1070. The van der Waals surface area contributed by atoms with E-state index in [0.717, 1.165) is 12.1 Å². The van der Waals surface area contributed by atoms with Crippen LogP contribution in [0.15, 0.2) is 27.4 Å². The molecule has 0 radical (unpaired) electrons. The lowest BCUT2D eigenvalue weighted by Gasteiger charge is -2.11. The zero-order valence-electron chi connectivity index (χ0n) is 12.6. The zero-order valence-corrected chi connectivity index (χ0v) is 12.6. The Labute approximate surface area is 138 Å². The smallest absolute Gasteiger partial charge is 0.235 e. The lowest BCUT2D eigenvalue weighted by Crippen LogP contribution is -2.03. The average molecular weight is 348 g/mol. The molecular formula is C16H12O9. The van der Waals surface area contributed by atoms with Gasteiger partial charge in [0.05, 0.1) is 12.5 Å². The van der Waals surface area contributed by atoms with E-state index in [1.807, 2.05) is 0 Å². The van der Waals surface area contributed by atoms with Gasteiger partial charge in [0.1, 0.15) is 0 Å². The van der Waals surface area contributed by atoms with Crippen LogP contribution in [0.5, 0.6) is 40.2 Å². The highest BCUT2D eigenvalue weighted by Gasteiger charge is 2.23. The molecule has 9 nitrogen and oxygen atoms in total. The molecule has 0 amide bonds. The Kier molecular flexibility index (Phi) is 3.49. The molecule has 25 heavy (non-hydrogen) atoms. The molecule has 0 aliphatic heterocycles. The molecule has 0 unspecified atom stereocenters. The number of ether oxygens (including phenoxy) is 1. The van der Waals surface area contributed by atoms with Crippen molar-refractivity contribution in [1.29, 1.82) is 0 Å². The summed E-state index contributed by atoms with van der Waals surface area (Å²) < 4.78 is 10.2. The highest BCUT2D eigenvalue weighted by atomic mass is 16.5. The standard InChI is InChI=1S/C16H12O9/c1-24-9-3-5(2-7(17)11(9)20)15-13(22)10(19)6-4-8(18)12(21)14(23)16(6)25-15/h2-4,17-18,20-23H,1H3. The summed E-state index contributed by atoms with van der Waals surface area (Å²) >= 11 is 0. The lowest BCUT2D eigenvalue weighted by atomic mass is 10.1. The Morgan fingerprint density at radius 2 is 1.48 bits per heavy atom. The third-order valence-electron chi connectivity index (χ3n) is 3.62. The molecule has 6 N–H and O–H groups in total. The summed E-state index contributed by atoms with van der Waals surface area (Å²) in [4.78, 5) is 12.3. The van der Waals surface area contributed by atoms with Crippen molar-refractivity contribution in [3.63, 3.8) is 0 Å². The van der Waals surface area contributed by atoms with Crippen LogP contribution in [0.4, 0.5) is 0 Å². The molecule has 130 valence electrons. The van der Waals surface area contributed by atoms with Crippen LogP contribution in [-0.2, 0) is 0 Å². The van der Waals surface area contributed by atoms with Crippen molar-refractivity contribution < 1.29 is 39.8 Å². The highest BCUT2D eigenvalue weighted by molar-refractivity contribution is 5.90. The van der Waals surface area contributed by atoms with Crippen molar-refractivity contribution in [1.82, 2.24) is 0 Å². The first kappa shape index (κ1) is 16.1. The van der Waals surface area contributed by atoms with Gasteiger partial charge in [-0.25, -0.2) is 0 Å². The van der Waals surface area contributed by atoms with Crippen molar-refractivity contribution in [3.05, 3.63) is 28.4 Å². The fourth-order valence-corrected chi connectivity index (χ4v) is 2.36. The monoisotopic (exact) mass is 348 g/mol. The van der Waals surface area contributed by atoms with Crippen molar-refractivity contribution in [2.24, 2.45) is 0 Å². The van der Waals surface area contributed by atoms with Gasteiger partial charge in [0, 0.05) is 5.56 Å².